The molecule has 1 heterocycles. The van der Waals surface area contributed by atoms with E-state index in [9.17, 15) is 0 Å². The Hall–Kier alpha value is -2.00. The number of nitrogens with one attached hydrogen (secondary N) is 1. The summed E-state index contributed by atoms with van der Waals surface area (Å²) in [5.74, 6) is 0.883. The van der Waals surface area contributed by atoms with Gasteiger partial charge in [0.05, 0.1) is 18.8 Å². The van der Waals surface area contributed by atoms with E-state index in [2.05, 4.69) is 61.6 Å². The van der Waals surface area contributed by atoms with Gasteiger partial charge in [0.2, 0.25) is 0 Å². The molecule has 1 unspecified atom stereocenters. The second-order valence-corrected chi connectivity index (χ2v) is 6.37. The van der Waals surface area contributed by atoms with Crippen molar-refractivity contribution < 1.29 is 4.74 Å². The minimum atomic E-state index is 0.248. The standard InChI is InChI=1S/C18H19NOS/c1-12-8-9-16(20-3)15(10-12)19-13(2)18-11-14-6-4-5-7-17(14)21-18/h4-11,13,19H,1-3H3. The number of fused-ring (bicyclic) bond motifs is 1. The molecule has 3 rings (SSSR count). The lowest BCUT2D eigenvalue weighted by molar-refractivity contribution is 0.416. The number of methoxy groups -OCH3 is 1. The highest BCUT2D eigenvalue weighted by Gasteiger charge is 2.12. The van der Waals surface area contributed by atoms with E-state index >= 15 is 0 Å². The van der Waals surface area contributed by atoms with Crippen molar-refractivity contribution in [1.82, 2.24) is 0 Å². The largest absolute Gasteiger partial charge is 0.495 e. The number of rotatable bonds is 4. The maximum atomic E-state index is 5.44. The summed E-state index contributed by atoms with van der Waals surface area (Å²) in [6, 6.07) is 17.2. The fraction of sp³-hybridized carbons (Fsp3) is 0.222. The van der Waals surface area contributed by atoms with Crippen LogP contribution in [0, 0.1) is 6.92 Å². The van der Waals surface area contributed by atoms with Crippen LogP contribution < -0.4 is 10.1 Å². The Labute approximate surface area is 129 Å². The molecule has 0 aliphatic carbocycles. The second-order valence-electron chi connectivity index (χ2n) is 5.26. The van der Waals surface area contributed by atoms with Gasteiger partial charge in [0.25, 0.3) is 0 Å². The van der Waals surface area contributed by atoms with Gasteiger partial charge in [-0.3, -0.25) is 0 Å². The zero-order valence-corrected chi connectivity index (χ0v) is 13.3. The lowest BCUT2D eigenvalue weighted by Gasteiger charge is -2.17. The molecule has 0 radical (unpaired) electrons. The van der Waals surface area contributed by atoms with Gasteiger partial charge in [-0.15, -0.1) is 11.3 Å². The van der Waals surface area contributed by atoms with Crippen molar-refractivity contribution in [3.63, 3.8) is 0 Å². The fourth-order valence-electron chi connectivity index (χ4n) is 2.45. The average Bonchev–Trinajstić information content (AvgIpc) is 2.91. The van der Waals surface area contributed by atoms with Crippen molar-refractivity contribution in [2.75, 3.05) is 12.4 Å². The first-order valence-corrected chi connectivity index (χ1v) is 7.88. The predicted octanol–water partition coefficient (Wildman–Crippen LogP) is 5.39. The first kappa shape index (κ1) is 14.0. The normalized spacial score (nSPS) is 12.3. The molecule has 0 saturated heterocycles. The van der Waals surface area contributed by atoms with Crippen LogP contribution >= 0.6 is 11.3 Å². The van der Waals surface area contributed by atoms with Gasteiger partial charge < -0.3 is 10.1 Å². The number of ether oxygens (including phenoxy) is 1. The van der Waals surface area contributed by atoms with Crippen molar-refractivity contribution in [3.05, 3.63) is 59.0 Å². The highest BCUT2D eigenvalue weighted by Crippen LogP contribution is 2.34. The lowest BCUT2D eigenvalue weighted by atomic mass is 10.1. The monoisotopic (exact) mass is 297 g/mol. The van der Waals surface area contributed by atoms with E-state index in [1.165, 1.54) is 20.5 Å². The second kappa shape index (κ2) is 5.78. The zero-order valence-electron chi connectivity index (χ0n) is 12.5. The Kier molecular flexibility index (Phi) is 3.84. The molecule has 3 aromatic rings. The number of aryl methyl sites for hydroxylation is 1. The number of thiophene rings is 1. The van der Waals surface area contributed by atoms with Crippen LogP contribution in [0.15, 0.2) is 48.5 Å². The number of benzene rings is 2. The summed E-state index contributed by atoms with van der Waals surface area (Å²) < 4.78 is 6.77. The summed E-state index contributed by atoms with van der Waals surface area (Å²) in [6.07, 6.45) is 0. The molecule has 0 fully saturated rings. The Balaban J connectivity index is 1.89. The van der Waals surface area contributed by atoms with Crippen LogP contribution in [0.25, 0.3) is 10.1 Å². The van der Waals surface area contributed by atoms with Crippen molar-refractivity contribution in [3.8, 4) is 5.75 Å². The summed E-state index contributed by atoms with van der Waals surface area (Å²) in [7, 11) is 1.71. The van der Waals surface area contributed by atoms with Gasteiger partial charge in [-0.2, -0.15) is 0 Å². The minimum absolute atomic E-state index is 0.248. The van der Waals surface area contributed by atoms with E-state index in [1.807, 2.05) is 17.4 Å². The molecule has 1 atom stereocenters. The van der Waals surface area contributed by atoms with Crippen LogP contribution in [-0.2, 0) is 0 Å². The molecule has 0 aliphatic rings. The summed E-state index contributed by atoms with van der Waals surface area (Å²) in [5, 5.41) is 4.87. The molecule has 0 saturated carbocycles. The van der Waals surface area contributed by atoms with Crippen LogP contribution in [0.4, 0.5) is 5.69 Å². The van der Waals surface area contributed by atoms with Crippen LogP contribution in [0.2, 0.25) is 0 Å². The van der Waals surface area contributed by atoms with Crippen molar-refractivity contribution in [2.24, 2.45) is 0 Å². The Morgan fingerprint density at radius 2 is 1.90 bits per heavy atom. The number of anilines is 1. The van der Waals surface area contributed by atoms with E-state index in [4.69, 9.17) is 4.74 Å². The molecule has 108 valence electrons. The molecular formula is C18H19NOS. The van der Waals surface area contributed by atoms with Gasteiger partial charge in [-0.1, -0.05) is 24.3 Å². The van der Waals surface area contributed by atoms with Gasteiger partial charge in [-0.05, 0) is 49.1 Å². The highest BCUT2D eigenvalue weighted by molar-refractivity contribution is 7.19. The SMILES string of the molecule is COc1ccc(C)cc1NC(C)c1cc2ccccc2s1. The van der Waals surface area contributed by atoms with Crippen molar-refractivity contribution >= 4 is 27.1 Å². The molecule has 0 spiro atoms. The van der Waals surface area contributed by atoms with Gasteiger partial charge in [0.1, 0.15) is 5.75 Å². The molecule has 21 heavy (non-hydrogen) atoms. The molecule has 1 aromatic heterocycles. The quantitative estimate of drug-likeness (QED) is 0.697. The third-order valence-corrected chi connectivity index (χ3v) is 4.90. The summed E-state index contributed by atoms with van der Waals surface area (Å²) in [5.41, 5.74) is 2.27. The highest BCUT2D eigenvalue weighted by atomic mass is 32.1. The number of hydrogen-bond acceptors (Lipinski definition) is 3. The smallest absolute Gasteiger partial charge is 0.141 e. The predicted molar refractivity (Wildman–Crippen MR) is 91.6 cm³/mol. The molecule has 0 bridgehead atoms. The topological polar surface area (TPSA) is 21.3 Å². The van der Waals surface area contributed by atoms with E-state index in [0.29, 0.717) is 0 Å². The number of hydrogen-bond donors (Lipinski definition) is 1. The molecule has 0 amide bonds. The molecule has 1 N–H and O–H groups in total. The maximum absolute atomic E-state index is 5.44. The molecule has 2 nitrogen and oxygen atoms in total. The van der Waals surface area contributed by atoms with Gasteiger partial charge in [0, 0.05) is 9.58 Å². The van der Waals surface area contributed by atoms with Crippen molar-refractivity contribution in [1.29, 1.82) is 0 Å². The van der Waals surface area contributed by atoms with E-state index in [-0.39, 0.29) is 6.04 Å². The summed E-state index contributed by atoms with van der Waals surface area (Å²) in [4.78, 5) is 1.33. The third kappa shape index (κ3) is 2.88. The van der Waals surface area contributed by atoms with Crippen LogP contribution in [0.3, 0.4) is 0 Å². The van der Waals surface area contributed by atoms with Crippen molar-refractivity contribution in [2.45, 2.75) is 19.9 Å². The Morgan fingerprint density at radius 3 is 2.67 bits per heavy atom. The molecule has 2 aromatic carbocycles. The molecular weight excluding hydrogens is 278 g/mol. The van der Waals surface area contributed by atoms with Gasteiger partial charge in [0.15, 0.2) is 0 Å². The van der Waals surface area contributed by atoms with Gasteiger partial charge >= 0.3 is 0 Å². The van der Waals surface area contributed by atoms with E-state index in [0.717, 1.165) is 11.4 Å². The van der Waals surface area contributed by atoms with E-state index in [1.54, 1.807) is 7.11 Å². The molecule has 3 heteroatoms. The van der Waals surface area contributed by atoms with Gasteiger partial charge in [-0.25, -0.2) is 0 Å². The van der Waals surface area contributed by atoms with E-state index < -0.39 is 0 Å². The summed E-state index contributed by atoms with van der Waals surface area (Å²) in [6.45, 7) is 4.28. The minimum Gasteiger partial charge on any atom is -0.495 e. The summed E-state index contributed by atoms with van der Waals surface area (Å²) >= 11 is 1.84. The Bertz CT molecular complexity index is 730. The van der Waals surface area contributed by atoms with Crippen LogP contribution in [0.1, 0.15) is 23.4 Å². The lowest BCUT2D eigenvalue weighted by Crippen LogP contribution is -2.06. The van der Waals surface area contributed by atoms with Crippen LogP contribution in [0.5, 0.6) is 5.75 Å². The average molecular weight is 297 g/mol. The Morgan fingerprint density at radius 1 is 1.10 bits per heavy atom. The third-order valence-electron chi connectivity index (χ3n) is 3.60. The fourth-order valence-corrected chi connectivity index (χ4v) is 3.52. The van der Waals surface area contributed by atoms with Crippen LogP contribution in [-0.4, -0.2) is 7.11 Å². The zero-order chi connectivity index (χ0) is 14.8. The molecule has 0 aliphatic heterocycles. The maximum Gasteiger partial charge on any atom is 0.141 e. The first-order valence-electron chi connectivity index (χ1n) is 7.07. The first-order chi connectivity index (χ1) is 10.2.